The number of allylic oxidation sites excluding steroid dienone is 1. The van der Waals surface area contributed by atoms with Crippen LogP contribution in [0.15, 0.2) is 73.3 Å². The average molecular weight is 630 g/mol. The minimum atomic E-state index is -1.00. The lowest BCUT2D eigenvalue weighted by Crippen LogP contribution is -2.54. The molecule has 1 atom stereocenters. The first-order chi connectivity index (χ1) is 22.9. The van der Waals surface area contributed by atoms with Crippen molar-refractivity contribution >= 4 is 35.3 Å². The van der Waals surface area contributed by atoms with Crippen molar-refractivity contribution in [3.63, 3.8) is 0 Å². The van der Waals surface area contributed by atoms with Gasteiger partial charge in [-0.15, -0.1) is 0 Å². The zero-order chi connectivity index (χ0) is 32.3. The molecule has 2 aliphatic heterocycles. The van der Waals surface area contributed by atoms with Crippen LogP contribution in [0.4, 0.5) is 0 Å². The van der Waals surface area contributed by atoms with E-state index in [0.29, 0.717) is 19.0 Å². The Bertz CT molecular complexity index is 1900. The number of benzene rings is 1. The van der Waals surface area contributed by atoms with Crippen molar-refractivity contribution in [1.29, 1.82) is 0 Å². The first-order valence-corrected chi connectivity index (χ1v) is 15.6. The van der Waals surface area contributed by atoms with Crippen LogP contribution in [0, 0.1) is 0 Å². The fourth-order valence-electron chi connectivity index (χ4n) is 6.05. The summed E-state index contributed by atoms with van der Waals surface area (Å²) in [4.78, 5) is 64.0. The SMILES string of the molecule is O=C1CCC(N2C(=O)c3ccc(OCCOCCCc4ccc(-c5ccc(C6=Cc7ccncc7C6)nc5)cn4)cc3C2=O)C(=O)N1. The Morgan fingerprint density at radius 1 is 0.851 bits per heavy atom. The molecular weight excluding hydrogens is 598 g/mol. The molecule has 11 nitrogen and oxygen atoms in total. The van der Waals surface area contributed by atoms with Crippen molar-refractivity contribution in [2.75, 3.05) is 19.8 Å². The van der Waals surface area contributed by atoms with Gasteiger partial charge in [0.25, 0.3) is 11.8 Å². The number of imide groups is 2. The van der Waals surface area contributed by atoms with Crippen molar-refractivity contribution in [3.05, 3.63) is 107 Å². The van der Waals surface area contributed by atoms with Gasteiger partial charge in [0.05, 0.1) is 23.4 Å². The van der Waals surface area contributed by atoms with Gasteiger partial charge in [-0.05, 0) is 78.4 Å². The second-order valence-electron chi connectivity index (χ2n) is 11.6. The number of rotatable bonds is 11. The Labute approximate surface area is 270 Å². The summed E-state index contributed by atoms with van der Waals surface area (Å²) in [5, 5.41) is 2.19. The number of aryl methyl sites for hydroxylation is 1. The first-order valence-electron chi connectivity index (χ1n) is 15.6. The first kappa shape index (κ1) is 30.1. The van der Waals surface area contributed by atoms with Crippen LogP contribution in [0.2, 0.25) is 0 Å². The summed E-state index contributed by atoms with van der Waals surface area (Å²) in [7, 11) is 0. The molecule has 47 heavy (non-hydrogen) atoms. The molecule has 1 aliphatic carbocycles. The van der Waals surface area contributed by atoms with Gasteiger partial charge in [-0.2, -0.15) is 0 Å². The van der Waals surface area contributed by atoms with Gasteiger partial charge >= 0.3 is 0 Å². The lowest BCUT2D eigenvalue weighted by atomic mass is 10.0. The van der Waals surface area contributed by atoms with Crippen molar-refractivity contribution in [2.24, 2.45) is 0 Å². The fraction of sp³-hybridized carbons (Fsp3) is 0.250. The van der Waals surface area contributed by atoms with Gasteiger partial charge in [0.1, 0.15) is 18.4 Å². The molecule has 5 heterocycles. The maximum absolute atomic E-state index is 13.0. The Morgan fingerprint density at radius 3 is 2.45 bits per heavy atom. The van der Waals surface area contributed by atoms with Crippen molar-refractivity contribution in [3.8, 4) is 16.9 Å². The fourth-order valence-corrected chi connectivity index (χ4v) is 6.05. The van der Waals surface area contributed by atoms with Crippen LogP contribution in [0.25, 0.3) is 22.8 Å². The zero-order valence-corrected chi connectivity index (χ0v) is 25.5. The minimum absolute atomic E-state index is 0.0717. The Kier molecular flexibility index (Phi) is 8.36. The standard InChI is InChI=1S/C36H31N5O6/c42-33-10-9-32(34(43)40-33)41-35(44)29-7-6-28(18-30(29)36(41)45)47-15-14-46-13-1-2-27-5-3-23(20-38-27)24-4-8-31(39-21-24)25-16-22-11-12-37-19-26(22)17-25/h3-8,11-12,16,18-21,32H,1-2,9-10,13-15,17H2,(H,40,42,43). The lowest BCUT2D eigenvalue weighted by Gasteiger charge is -2.27. The smallest absolute Gasteiger partial charge is 0.262 e. The van der Waals surface area contributed by atoms with E-state index in [1.807, 2.05) is 36.9 Å². The molecule has 3 aromatic heterocycles. The van der Waals surface area contributed by atoms with Gasteiger partial charge < -0.3 is 9.47 Å². The second kappa shape index (κ2) is 13.1. The van der Waals surface area contributed by atoms with E-state index >= 15 is 0 Å². The molecule has 11 heteroatoms. The van der Waals surface area contributed by atoms with Crippen LogP contribution in [0.3, 0.4) is 0 Å². The van der Waals surface area contributed by atoms with Crippen molar-refractivity contribution < 1.29 is 28.7 Å². The predicted octanol–water partition coefficient (Wildman–Crippen LogP) is 4.06. The molecule has 1 N–H and O–H groups in total. The Hall–Kier alpha value is -5.55. The van der Waals surface area contributed by atoms with E-state index in [1.165, 1.54) is 28.8 Å². The van der Waals surface area contributed by atoms with Crippen LogP contribution in [-0.4, -0.2) is 69.3 Å². The van der Waals surface area contributed by atoms with Crippen LogP contribution in [-0.2, 0) is 27.2 Å². The summed E-state index contributed by atoms with van der Waals surface area (Å²) in [5.41, 5.74) is 7.98. The molecule has 3 aliphatic rings. The number of nitrogens with zero attached hydrogens (tertiary/aromatic N) is 4. The molecular formula is C36H31N5O6. The van der Waals surface area contributed by atoms with Gasteiger partial charge in [0, 0.05) is 61.1 Å². The number of amides is 4. The third kappa shape index (κ3) is 6.30. The van der Waals surface area contributed by atoms with Crippen LogP contribution < -0.4 is 10.1 Å². The summed E-state index contributed by atoms with van der Waals surface area (Å²) >= 11 is 0. The largest absolute Gasteiger partial charge is 0.491 e. The van der Waals surface area contributed by atoms with Crippen LogP contribution in [0.1, 0.15) is 62.5 Å². The predicted molar refractivity (Wildman–Crippen MR) is 171 cm³/mol. The number of carbonyl (C=O) groups is 4. The van der Waals surface area contributed by atoms with E-state index in [1.54, 1.807) is 6.07 Å². The number of hydrogen-bond acceptors (Lipinski definition) is 9. The average Bonchev–Trinajstić information content (AvgIpc) is 3.63. The maximum atomic E-state index is 13.0. The molecule has 0 radical (unpaired) electrons. The summed E-state index contributed by atoms with van der Waals surface area (Å²) in [5.74, 6) is -1.75. The van der Waals surface area contributed by atoms with E-state index in [0.717, 1.165) is 46.7 Å². The van der Waals surface area contributed by atoms with Gasteiger partial charge in [0.15, 0.2) is 0 Å². The monoisotopic (exact) mass is 629 g/mol. The molecule has 1 fully saturated rings. The van der Waals surface area contributed by atoms with Crippen molar-refractivity contribution in [1.82, 2.24) is 25.2 Å². The summed E-state index contributed by atoms with van der Waals surface area (Å²) in [6.45, 7) is 1.15. The molecule has 4 amide bonds. The second-order valence-corrected chi connectivity index (χ2v) is 11.6. The molecule has 4 aromatic rings. The van der Waals surface area contributed by atoms with Gasteiger partial charge in [0.2, 0.25) is 11.8 Å². The number of fused-ring (bicyclic) bond motifs is 2. The number of nitrogens with one attached hydrogen (secondary N) is 1. The highest BCUT2D eigenvalue weighted by molar-refractivity contribution is 6.23. The molecule has 0 saturated carbocycles. The molecule has 1 unspecified atom stereocenters. The van der Waals surface area contributed by atoms with Gasteiger partial charge in [-0.25, -0.2) is 0 Å². The number of aromatic nitrogens is 3. The maximum Gasteiger partial charge on any atom is 0.262 e. The number of ether oxygens (including phenoxy) is 2. The molecule has 7 rings (SSSR count). The van der Waals surface area contributed by atoms with Gasteiger partial charge in [-0.3, -0.25) is 44.3 Å². The van der Waals surface area contributed by atoms with Crippen LogP contribution >= 0.6 is 0 Å². The quantitative estimate of drug-likeness (QED) is 0.192. The topological polar surface area (TPSA) is 141 Å². The molecule has 1 aromatic carbocycles. The summed E-state index contributed by atoms with van der Waals surface area (Å²) < 4.78 is 11.5. The molecule has 0 spiro atoms. The summed E-state index contributed by atoms with van der Waals surface area (Å²) in [6, 6.07) is 13.9. The Morgan fingerprint density at radius 2 is 1.68 bits per heavy atom. The van der Waals surface area contributed by atoms with E-state index in [4.69, 9.17) is 14.5 Å². The highest BCUT2D eigenvalue weighted by Gasteiger charge is 2.44. The van der Waals surface area contributed by atoms with E-state index in [-0.39, 0.29) is 30.6 Å². The molecule has 1 saturated heterocycles. The number of hydrogen-bond donors (Lipinski definition) is 1. The zero-order valence-electron chi connectivity index (χ0n) is 25.5. The third-order valence-corrected chi connectivity index (χ3v) is 8.53. The number of piperidine rings is 1. The van der Waals surface area contributed by atoms with Gasteiger partial charge in [-0.1, -0.05) is 12.1 Å². The van der Waals surface area contributed by atoms with Crippen LogP contribution in [0.5, 0.6) is 5.75 Å². The minimum Gasteiger partial charge on any atom is -0.491 e. The highest BCUT2D eigenvalue weighted by Crippen LogP contribution is 2.32. The van der Waals surface area contributed by atoms with E-state index < -0.39 is 29.7 Å². The Balaban J connectivity index is 0.831. The molecule has 0 bridgehead atoms. The normalized spacial score (nSPS) is 17.0. The van der Waals surface area contributed by atoms with Crippen molar-refractivity contribution in [2.45, 2.75) is 38.1 Å². The van der Waals surface area contributed by atoms with E-state index in [9.17, 15) is 19.2 Å². The number of carbonyl (C=O) groups excluding carboxylic acids is 4. The third-order valence-electron chi connectivity index (χ3n) is 8.53. The van der Waals surface area contributed by atoms with E-state index in [2.05, 4.69) is 39.6 Å². The number of pyridine rings is 3. The summed E-state index contributed by atoms with van der Waals surface area (Å²) in [6.07, 6.45) is 12.2. The molecule has 236 valence electrons. The lowest BCUT2D eigenvalue weighted by molar-refractivity contribution is -0.136. The highest BCUT2D eigenvalue weighted by atomic mass is 16.5.